The maximum atomic E-state index is 12.1. The van der Waals surface area contributed by atoms with Gasteiger partial charge in [0, 0.05) is 9.80 Å². The minimum atomic E-state index is -1.11. The lowest BCUT2D eigenvalue weighted by Gasteiger charge is -2.17. The largest absolute Gasteiger partial charge is 0.249 e. The molecule has 1 aromatic carbocycles. The van der Waals surface area contributed by atoms with E-state index in [1.165, 1.54) is 0 Å². The van der Waals surface area contributed by atoms with Gasteiger partial charge in [0.25, 0.3) is 0 Å². The summed E-state index contributed by atoms with van der Waals surface area (Å²) in [5, 5.41) is 0. The maximum absolute atomic E-state index is 12.1. The Morgan fingerprint density at radius 3 is 2.60 bits per heavy atom. The molecule has 1 atom stereocenters. The number of thioether (sulfide) groups is 1. The summed E-state index contributed by atoms with van der Waals surface area (Å²) in [6.07, 6.45) is 3.38. The Labute approximate surface area is 96.0 Å². The van der Waals surface area contributed by atoms with E-state index in [1.807, 2.05) is 24.3 Å². The third kappa shape index (κ3) is 1.73. The van der Waals surface area contributed by atoms with Crippen LogP contribution in [0.2, 0.25) is 0 Å². The molecule has 1 nitrogen and oxygen atoms in total. The zero-order valence-electron chi connectivity index (χ0n) is 8.10. The van der Waals surface area contributed by atoms with Gasteiger partial charge in [0.1, 0.15) is 0 Å². The summed E-state index contributed by atoms with van der Waals surface area (Å²) < 4.78 is 12.1. The average Bonchev–Trinajstić information content (AvgIpc) is 2.29. The molecule has 0 saturated carbocycles. The van der Waals surface area contributed by atoms with Crippen molar-refractivity contribution in [2.75, 3.05) is 0 Å². The highest BCUT2D eigenvalue weighted by molar-refractivity contribution is 8.05. The van der Waals surface area contributed by atoms with Gasteiger partial charge < -0.3 is 0 Å². The van der Waals surface area contributed by atoms with Crippen molar-refractivity contribution in [2.45, 2.75) is 9.79 Å². The molecule has 3 heteroatoms. The summed E-state index contributed by atoms with van der Waals surface area (Å²) in [4.78, 5) is 3.59. The van der Waals surface area contributed by atoms with Gasteiger partial charge in [-0.1, -0.05) is 49.2 Å². The van der Waals surface area contributed by atoms with E-state index in [0.29, 0.717) is 0 Å². The second-order valence-corrected chi connectivity index (χ2v) is 5.46. The lowest BCUT2D eigenvalue weighted by Crippen LogP contribution is -2.02. The topological polar surface area (TPSA) is 17.1 Å². The van der Waals surface area contributed by atoms with Crippen molar-refractivity contribution < 1.29 is 4.21 Å². The Hall–Kier alpha value is -1.06. The molecular formula is C12H10OS2. The predicted molar refractivity (Wildman–Crippen MR) is 66.1 cm³/mol. The van der Waals surface area contributed by atoms with E-state index < -0.39 is 10.8 Å². The molecule has 1 heterocycles. The molecule has 0 fully saturated rings. The summed E-state index contributed by atoms with van der Waals surface area (Å²) in [6, 6.07) is 7.71. The molecule has 0 aromatic heterocycles. The number of hydrogen-bond acceptors (Lipinski definition) is 2. The second kappa shape index (κ2) is 4.21. The van der Waals surface area contributed by atoms with E-state index in [9.17, 15) is 4.21 Å². The van der Waals surface area contributed by atoms with Gasteiger partial charge in [-0.2, -0.15) is 0 Å². The highest BCUT2D eigenvalue weighted by atomic mass is 32.2. The first-order valence-electron chi connectivity index (χ1n) is 4.45. The van der Waals surface area contributed by atoms with Crippen LogP contribution in [-0.2, 0) is 10.8 Å². The number of benzene rings is 1. The standard InChI is InChI=1S/C12H10OS2/c1-3-9-11(4-2)15(13)12-8-6-5-7-10(12)14-9/h3-8H,1-2H2. The zero-order valence-corrected chi connectivity index (χ0v) is 9.74. The van der Waals surface area contributed by atoms with Gasteiger partial charge in [0.2, 0.25) is 0 Å². The fraction of sp³-hybridized carbons (Fsp3) is 0. The molecule has 15 heavy (non-hydrogen) atoms. The van der Waals surface area contributed by atoms with Crippen LogP contribution in [0.4, 0.5) is 0 Å². The minimum absolute atomic E-state index is 0.758. The molecule has 1 unspecified atom stereocenters. The molecule has 2 rings (SSSR count). The van der Waals surface area contributed by atoms with Gasteiger partial charge >= 0.3 is 0 Å². The van der Waals surface area contributed by atoms with Crippen LogP contribution in [0.15, 0.2) is 69.2 Å². The molecule has 0 aliphatic carbocycles. The molecular weight excluding hydrogens is 224 g/mol. The fourth-order valence-electron chi connectivity index (χ4n) is 1.38. The molecule has 0 amide bonds. The summed E-state index contributed by atoms with van der Waals surface area (Å²) in [7, 11) is -1.11. The Morgan fingerprint density at radius 2 is 1.93 bits per heavy atom. The lowest BCUT2D eigenvalue weighted by molar-refractivity contribution is 0.685. The van der Waals surface area contributed by atoms with E-state index in [0.717, 1.165) is 19.6 Å². The van der Waals surface area contributed by atoms with Crippen molar-refractivity contribution in [3.8, 4) is 0 Å². The Bertz CT molecular complexity index is 486. The van der Waals surface area contributed by atoms with Crippen LogP contribution in [0.1, 0.15) is 0 Å². The molecule has 1 aliphatic rings. The molecule has 0 bridgehead atoms. The van der Waals surface area contributed by atoms with E-state index in [4.69, 9.17) is 0 Å². The van der Waals surface area contributed by atoms with Gasteiger partial charge in [0.05, 0.1) is 20.6 Å². The Kier molecular flexibility index (Phi) is 2.93. The third-order valence-electron chi connectivity index (χ3n) is 2.08. The normalized spacial score (nSPS) is 19.6. The zero-order chi connectivity index (χ0) is 10.8. The van der Waals surface area contributed by atoms with Crippen molar-refractivity contribution in [2.24, 2.45) is 0 Å². The van der Waals surface area contributed by atoms with Crippen LogP contribution < -0.4 is 0 Å². The number of hydrogen-bond donors (Lipinski definition) is 0. The van der Waals surface area contributed by atoms with Crippen molar-refractivity contribution in [1.29, 1.82) is 0 Å². The number of rotatable bonds is 2. The van der Waals surface area contributed by atoms with E-state index in [-0.39, 0.29) is 0 Å². The van der Waals surface area contributed by atoms with Gasteiger partial charge in [-0.25, -0.2) is 4.21 Å². The van der Waals surface area contributed by atoms with Crippen LogP contribution in [0.3, 0.4) is 0 Å². The van der Waals surface area contributed by atoms with Gasteiger partial charge in [-0.3, -0.25) is 0 Å². The Balaban J connectivity index is 2.61. The average molecular weight is 234 g/mol. The molecule has 1 aromatic rings. The molecule has 76 valence electrons. The van der Waals surface area contributed by atoms with Crippen molar-refractivity contribution in [1.82, 2.24) is 0 Å². The molecule has 0 N–H and O–H groups in total. The molecule has 0 radical (unpaired) electrons. The summed E-state index contributed by atoms with van der Waals surface area (Å²) in [6.45, 7) is 7.42. The predicted octanol–water partition coefficient (Wildman–Crippen LogP) is 3.48. The second-order valence-electron chi connectivity index (χ2n) is 2.95. The first-order valence-corrected chi connectivity index (χ1v) is 6.42. The highest BCUT2D eigenvalue weighted by Gasteiger charge is 2.21. The summed E-state index contributed by atoms with van der Waals surface area (Å²) in [5.41, 5.74) is 0. The highest BCUT2D eigenvalue weighted by Crippen LogP contribution is 2.41. The fourth-order valence-corrected chi connectivity index (χ4v) is 4.02. The van der Waals surface area contributed by atoms with E-state index >= 15 is 0 Å². The Morgan fingerprint density at radius 1 is 1.20 bits per heavy atom. The summed E-state index contributed by atoms with van der Waals surface area (Å²) >= 11 is 1.59. The lowest BCUT2D eigenvalue weighted by atomic mass is 10.4. The third-order valence-corrected chi connectivity index (χ3v) is 5.06. The van der Waals surface area contributed by atoms with E-state index in [1.54, 1.807) is 23.9 Å². The smallest absolute Gasteiger partial charge is 0.0872 e. The van der Waals surface area contributed by atoms with Crippen LogP contribution in [0.25, 0.3) is 0 Å². The first-order chi connectivity index (χ1) is 7.27. The maximum Gasteiger partial charge on any atom is 0.0872 e. The van der Waals surface area contributed by atoms with Gasteiger partial charge in [-0.05, 0) is 12.1 Å². The van der Waals surface area contributed by atoms with Gasteiger partial charge in [0.15, 0.2) is 0 Å². The van der Waals surface area contributed by atoms with Crippen LogP contribution in [0.5, 0.6) is 0 Å². The van der Waals surface area contributed by atoms with Crippen LogP contribution in [0, 0.1) is 0 Å². The number of fused-ring (bicyclic) bond motifs is 1. The molecule has 0 spiro atoms. The van der Waals surface area contributed by atoms with Gasteiger partial charge in [-0.15, -0.1) is 0 Å². The summed E-state index contributed by atoms with van der Waals surface area (Å²) in [5.74, 6) is 0. The van der Waals surface area contributed by atoms with Crippen molar-refractivity contribution in [3.63, 3.8) is 0 Å². The quantitative estimate of drug-likeness (QED) is 0.779. The van der Waals surface area contributed by atoms with Crippen molar-refractivity contribution >= 4 is 22.6 Å². The first kappa shape index (κ1) is 10.5. The molecule has 1 aliphatic heterocycles. The van der Waals surface area contributed by atoms with Crippen LogP contribution in [-0.4, -0.2) is 4.21 Å². The monoisotopic (exact) mass is 234 g/mol. The SMILES string of the molecule is C=CC1=C(C=C)S(=O)c2ccccc2S1. The van der Waals surface area contributed by atoms with E-state index in [2.05, 4.69) is 13.2 Å². The molecule has 0 saturated heterocycles. The van der Waals surface area contributed by atoms with Crippen LogP contribution >= 0.6 is 11.8 Å². The van der Waals surface area contributed by atoms with Crippen molar-refractivity contribution in [3.05, 3.63) is 59.4 Å². The minimum Gasteiger partial charge on any atom is -0.249 e. The number of allylic oxidation sites excluding steroid dienone is 2.